The molecule has 0 radical (unpaired) electrons. The molecule has 28 heavy (non-hydrogen) atoms. The van der Waals surface area contributed by atoms with E-state index in [1.807, 2.05) is 0 Å². The van der Waals surface area contributed by atoms with Crippen LogP contribution < -0.4 is 5.32 Å². The fourth-order valence-corrected chi connectivity index (χ4v) is 5.24. The van der Waals surface area contributed by atoms with Crippen LogP contribution in [0.15, 0.2) is 4.99 Å². The maximum atomic E-state index is 5.72. The number of ether oxygens (including phenoxy) is 2. The average Bonchev–Trinajstić information content (AvgIpc) is 3.22. The molecule has 6 nitrogen and oxygen atoms in total. The van der Waals surface area contributed by atoms with E-state index >= 15 is 0 Å². The summed E-state index contributed by atoms with van der Waals surface area (Å²) in [7, 11) is 0. The lowest BCUT2D eigenvalue weighted by Crippen LogP contribution is -2.51. The van der Waals surface area contributed by atoms with Gasteiger partial charge >= 0.3 is 0 Å². The van der Waals surface area contributed by atoms with Crippen LogP contribution >= 0.6 is 0 Å². The third kappa shape index (κ3) is 5.83. The molecule has 6 heteroatoms. The van der Waals surface area contributed by atoms with Gasteiger partial charge in [-0.2, -0.15) is 0 Å². The number of morpholine rings is 1. The third-order valence-corrected chi connectivity index (χ3v) is 6.72. The number of guanidine groups is 1. The summed E-state index contributed by atoms with van der Waals surface area (Å²) in [6.07, 6.45) is 6.33. The monoisotopic (exact) mass is 394 g/mol. The standard InChI is InChI=1S/C22H42N4O2/c1-4-8-22(3)9-6-10-26(18-22)21(23-5-2)24-16-20(19-7-13-28-17-19)25-11-14-27-15-12-25/h19-20H,4-18H2,1-3H3,(H,23,24). The normalized spacial score (nSPS) is 31.2. The zero-order valence-corrected chi connectivity index (χ0v) is 18.4. The average molecular weight is 395 g/mol. The van der Waals surface area contributed by atoms with Crippen molar-refractivity contribution in [3.8, 4) is 0 Å². The second-order valence-corrected chi connectivity index (χ2v) is 9.12. The fraction of sp³-hybridized carbons (Fsp3) is 0.955. The largest absolute Gasteiger partial charge is 0.381 e. The molecular formula is C22H42N4O2. The Bertz CT molecular complexity index is 485. The van der Waals surface area contributed by atoms with Gasteiger partial charge in [0.25, 0.3) is 0 Å². The van der Waals surface area contributed by atoms with Crippen LogP contribution in [0.4, 0.5) is 0 Å². The van der Waals surface area contributed by atoms with Crippen molar-refractivity contribution in [2.45, 2.75) is 58.9 Å². The van der Waals surface area contributed by atoms with Gasteiger partial charge in [0.2, 0.25) is 0 Å². The van der Waals surface area contributed by atoms with E-state index in [9.17, 15) is 0 Å². The van der Waals surface area contributed by atoms with Gasteiger partial charge in [-0.3, -0.25) is 9.89 Å². The van der Waals surface area contributed by atoms with Crippen LogP contribution in [-0.2, 0) is 9.47 Å². The molecule has 162 valence electrons. The molecule has 3 fully saturated rings. The topological polar surface area (TPSA) is 49.3 Å². The number of hydrogen-bond donors (Lipinski definition) is 1. The molecule has 0 aromatic rings. The van der Waals surface area contributed by atoms with Gasteiger partial charge in [0.15, 0.2) is 5.96 Å². The van der Waals surface area contributed by atoms with Crippen molar-refractivity contribution in [3.63, 3.8) is 0 Å². The highest BCUT2D eigenvalue weighted by molar-refractivity contribution is 5.80. The molecule has 3 heterocycles. The molecule has 0 amide bonds. The molecule has 0 aliphatic carbocycles. The van der Waals surface area contributed by atoms with E-state index in [0.29, 0.717) is 17.4 Å². The summed E-state index contributed by atoms with van der Waals surface area (Å²) in [6.45, 7) is 16.5. The lowest BCUT2D eigenvalue weighted by atomic mass is 9.78. The summed E-state index contributed by atoms with van der Waals surface area (Å²) in [5, 5.41) is 3.58. The van der Waals surface area contributed by atoms with E-state index in [-0.39, 0.29) is 0 Å². The van der Waals surface area contributed by atoms with E-state index in [4.69, 9.17) is 14.5 Å². The van der Waals surface area contributed by atoms with Crippen molar-refractivity contribution < 1.29 is 9.47 Å². The number of nitrogens with one attached hydrogen (secondary N) is 1. The van der Waals surface area contributed by atoms with Crippen LogP contribution in [0.2, 0.25) is 0 Å². The summed E-state index contributed by atoms with van der Waals surface area (Å²) in [5.41, 5.74) is 0.423. The van der Waals surface area contributed by atoms with Gasteiger partial charge in [-0.05, 0) is 38.0 Å². The Morgan fingerprint density at radius 2 is 2.00 bits per heavy atom. The molecule has 3 unspecified atom stereocenters. The number of nitrogens with zero attached hydrogens (tertiary/aromatic N) is 3. The van der Waals surface area contributed by atoms with Gasteiger partial charge in [-0.25, -0.2) is 0 Å². The van der Waals surface area contributed by atoms with Crippen LogP contribution in [0.3, 0.4) is 0 Å². The van der Waals surface area contributed by atoms with E-state index in [2.05, 4.69) is 35.9 Å². The predicted molar refractivity (Wildman–Crippen MR) is 115 cm³/mol. The molecule has 3 aliphatic rings. The number of aliphatic imine (C=N–C) groups is 1. The van der Waals surface area contributed by atoms with Crippen molar-refractivity contribution in [2.24, 2.45) is 16.3 Å². The van der Waals surface area contributed by atoms with E-state index in [1.165, 1.54) is 25.7 Å². The van der Waals surface area contributed by atoms with E-state index in [1.54, 1.807) is 0 Å². The van der Waals surface area contributed by atoms with Gasteiger partial charge in [0.1, 0.15) is 0 Å². The van der Waals surface area contributed by atoms with Gasteiger partial charge in [-0.15, -0.1) is 0 Å². The maximum Gasteiger partial charge on any atom is 0.193 e. The Balaban J connectivity index is 1.69. The third-order valence-electron chi connectivity index (χ3n) is 6.72. The minimum atomic E-state index is 0.423. The van der Waals surface area contributed by atoms with Crippen molar-refractivity contribution in [1.82, 2.24) is 15.1 Å². The molecule has 0 bridgehead atoms. The van der Waals surface area contributed by atoms with E-state index in [0.717, 1.165) is 78.1 Å². The summed E-state index contributed by atoms with van der Waals surface area (Å²) >= 11 is 0. The highest BCUT2D eigenvalue weighted by Crippen LogP contribution is 2.34. The van der Waals surface area contributed by atoms with Crippen molar-refractivity contribution in [2.75, 3.05) is 65.7 Å². The first kappa shape index (κ1) is 21.8. The minimum absolute atomic E-state index is 0.423. The molecule has 1 N–H and O–H groups in total. The van der Waals surface area contributed by atoms with Crippen LogP contribution in [0.25, 0.3) is 0 Å². The van der Waals surface area contributed by atoms with Crippen LogP contribution in [0.5, 0.6) is 0 Å². The molecule has 0 aromatic carbocycles. The molecular weight excluding hydrogens is 352 g/mol. The fourth-order valence-electron chi connectivity index (χ4n) is 5.24. The van der Waals surface area contributed by atoms with Gasteiger partial charge in [-0.1, -0.05) is 20.3 Å². The highest BCUT2D eigenvalue weighted by Gasteiger charge is 2.33. The maximum absolute atomic E-state index is 5.72. The van der Waals surface area contributed by atoms with Crippen LogP contribution in [0, 0.1) is 11.3 Å². The van der Waals surface area contributed by atoms with Gasteiger partial charge < -0.3 is 19.7 Å². The summed E-state index contributed by atoms with van der Waals surface area (Å²) in [4.78, 5) is 10.3. The van der Waals surface area contributed by atoms with Gasteiger partial charge in [0, 0.05) is 51.3 Å². The molecule has 3 atom stereocenters. The molecule has 0 aromatic heterocycles. The number of hydrogen-bond acceptors (Lipinski definition) is 4. The molecule has 3 aliphatic heterocycles. The Morgan fingerprint density at radius 1 is 1.18 bits per heavy atom. The Kier molecular flexibility index (Phi) is 8.42. The summed E-state index contributed by atoms with van der Waals surface area (Å²) in [6, 6.07) is 0.465. The molecule has 0 spiro atoms. The Morgan fingerprint density at radius 3 is 2.68 bits per heavy atom. The quantitative estimate of drug-likeness (QED) is 0.531. The molecule has 3 rings (SSSR count). The van der Waals surface area contributed by atoms with Crippen molar-refractivity contribution in [1.29, 1.82) is 0 Å². The highest BCUT2D eigenvalue weighted by atomic mass is 16.5. The smallest absolute Gasteiger partial charge is 0.193 e. The predicted octanol–water partition coefficient (Wildman–Crippen LogP) is 2.59. The first-order valence-electron chi connectivity index (χ1n) is 11.6. The van der Waals surface area contributed by atoms with Gasteiger partial charge in [0.05, 0.1) is 26.4 Å². The van der Waals surface area contributed by atoms with E-state index < -0.39 is 0 Å². The number of piperidine rings is 1. The second-order valence-electron chi connectivity index (χ2n) is 9.12. The Labute approximate surface area is 172 Å². The lowest BCUT2D eigenvalue weighted by Gasteiger charge is -2.42. The second kappa shape index (κ2) is 10.8. The lowest BCUT2D eigenvalue weighted by molar-refractivity contribution is 0.00359. The first-order valence-corrected chi connectivity index (χ1v) is 11.6. The number of likely N-dealkylation sites (tertiary alicyclic amines) is 1. The van der Waals surface area contributed by atoms with Crippen LogP contribution in [-0.4, -0.2) is 87.5 Å². The minimum Gasteiger partial charge on any atom is -0.381 e. The molecule has 3 saturated heterocycles. The zero-order valence-electron chi connectivity index (χ0n) is 18.4. The first-order chi connectivity index (χ1) is 13.6. The summed E-state index contributed by atoms with van der Waals surface area (Å²) < 4.78 is 11.3. The van der Waals surface area contributed by atoms with Crippen molar-refractivity contribution in [3.05, 3.63) is 0 Å². The van der Waals surface area contributed by atoms with Crippen LogP contribution in [0.1, 0.15) is 52.9 Å². The SMILES string of the molecule is CCCC1(C)CCCN(C(=NCC(C2CCOC2)N2CCOCC2)NCC)C1. The zero-order chi connectivity index (χ0) is 19.8. The Hall–Kier alpha value is -0.850. The van der Waals surface area contributed by atoms with Crippen molar-refractivity contribution >= 4 is 5.96 Å². The number of rotatable bonds is 7. The molecule has 0 saturated carbocycles. The summed E-state index contributed by atoms with van der Waals surface area (Å²) in [5.74, 6) is 1.71.